The molecule has 0 bridgehead atoms. The molecule has 0 saturated heterocycles. The SMILES string of the molecule is CO[Si](CO)(CCCOCC(O)COC(=O)c1ccc(C(=O)OCC(O)COCCC[Si](OC)(OC)OC)cc1)OC. The van der Waals surface area contributed by atoms with Crippen molar-refractivity contribution in [3.63, 3.8) is 0 Å². The van der Waals surface area contributed by atoms with Gasteiger partial charge in [0.05, 0.1) is 30.6 Å². The van der Waals surface area contributed by atoms with Crippen molar-refractivity contribution >= 4 is 29.3 Å². The lowest BCUT2D eigenvalue weighted by atomic mass is 10.1. The lowest BCUT2D eigenvalue weighted by Gasteiger charge is -2.24. The van der Waals surface area contributed by atoms with Crippen LogP contribution in [0.2, 0.25) is 12.1 Å². The van der Waals surface area contributed by atoms with E-state index in [1.54, 1.807) is 0 Å². The van der Waals surface area contributed by atoms with Crippen LogP contribution in [0.4, 0.5) is 0 Å². The molecule has 0 aliphatic rings. The highest BCUT2D eigenvalue weighted by Crippen LogP contribution is 2.15. The first-order chi connectivity index (χ1) is 20.1. The van der Waals surface area contributed by atoms with Crippen LogP contribution >= 0.6 is 0 Å². The highest BCUT2D eigenvalue weighted by molar-refractivity contribution is 6.67. The van der Waals surface area contributed by atoms with Crippen molar-refractivity contribution in [3.8, 4) is 0 Å². The number of esters is 2. The normalized spacial score (nSPS) is 13.5. The van der Waals surface area contributed by atoms with E-state index < -0.39 is 41.5 Å². The van der Waals surface area contributed by atoms with Gasteiger partial charge in [-0.3, -0.25) is 0 Å². The molecule has 0 aromatic heterocycles. The predicted octanol–water partition coefficient (Wildman–Crippen LogP) is 0.680. The summed E-state index contributed by atoms with van der Waals surface area (Å²) >= 11 is 0. The molecule has 2 atom stereocenters. The van der Waals surface area contributed by atoms with Gasteiger partial charge in [0.25, 0.3) is 0 Å². The molecule has 0 spiro atoms. The van der Waals surface area contributed by atoms with E-state index in [9.17, 15) is 24.9 Å². The lowest BCUT2D eigenvalue weighted by molar-refractivity contribution is -0.0115. The Morgan fingerprint density at radius 2 is 1.07 bits per heavy atom. The van der Waals surface area contributed by atoms with Gasteiger partial charge in [-0.15, -0.1) is 0 Å². The lowest BCUT2D eigenvalue weighted by Crippen LogP contribution is -2.44. The molecule has 3 N–H and O–H groups in total. The summed E-state index contributed by atoms with van der Waals surface area (Å²) in [5, 5.41) is 29.5. The Hall–Kier alpha value is -1.81. The van der Waals surface area contributed by atoms with Crippen LogP contribution in [0.1, 0.15) is 33.6 Å². The van der Waals surface area contributed by atoms with Gasteiger partial charge >= 0.3 is 29.3 Å². The maximum Gasteiger partial charge on any atom is 0.500 e. The van der Waals surface area contributed by atoms with Gasteiger partial charge in [-0.2, -0.15) is 0 Å². The van der Waals surface area contributed by atoms with E-state index >= 15 is 0 Å². The van der Waals surface area contributed by atoms with E-state index in [-0.39, 0.29) is 43.8 Å². The summed E-state index contributed by atoms with van der Waals surface area (Å²) in [6.45, 7) is 0.0495. The van der Waals surface area contributed by atoms with Crippen LogP contribution < -0.4 is 0 Å². The fourth-order valence-electron chi connectivity index (χ4n) is 3.67. The smallest absolute Gasteiger partial charge is 0.459 e. The number of hydrogen-bond donors (Lipinski definition) is 3. The van der Waals surface area contributed by atoms with Gasteiger partial charge in [0.15, 0.2) is 0 Å². The maximum atomic E-state index is 12.3. The molecule has 242 valence electrons. The molecule has 14 nitrogen and oxygen atoms in total. The zero-order chi connectivity index (χ0) is 31.4. The van der Waals surface area contributed by atoms with Crippen LogP contribution in [-0.4, -0.2) is 138 Å². The summed E-state index contributed by atoms with van der Waals surface area (Å²) in [6.07, 6.45) is -1.03. The molecule has 0 radical (unpaired) electrons. The number of benzene rings is 1. The molecule has 1 rings (SSSR count). The third kappa shape index (κ3) is 13.7. The molecule has 1 aromatic carbocycles. The number of carbonyl (C=O) groups is 2. The Labute approximate surface area is 249 Å². The molecule has 0 aliphatic heterocycles. The largest absolute Gasteiger partial charge is 0.500 e. The Kier molecular flexibility index (Phi) is 19.1. The highest BCUT2D eigenvalue weighted by atomic mass is 28.4. The summed E-state index contributed by atoms with van der Waals surface area (Å²) in [6, 6.07) is 6.67. The van der Waals surface area contributed by atoms with Crippen LogP contribution in [0.5, 0.6) is 0 Å². The van der Waals surface area contributed by atoms with Gasteiger partial charge in [-0.1, -0.05) is 0 Å². The Morgan fingerprint density at radius 3 is 1.43 bits per heavy atom. The summed E-state index contributed by atoms with van der Waals surface area (Å²) in [4.78, 5) is 24.6. The van der Waals surface area contributed by atoms with E-state index in [0.29, 0.717) is 38.1 Å². The third-order valence-electron chi connectivity index (χ3n) is 6.33. The highest BCUT2D eigenvalue weighted by Gasteiger charge is 2.37. The molecule has 16 heteroatoms. The van der Waals surface area contributed by atoms with Gasteiger partial charge in [0.2, 0.25) is 0 Å². The van der Waals surface area contributed by atoms with Crippen molar-refractivity contribution in [2.45, 2.75) is 37.1 Å². The van der Waals surface area contributed by atoms with Crippen molar-refractivity contribution in [3.05, 3.63) is 35.4 Å². The number of aliphatic hydroxyl groups excluding tert-OH is 3. The minimum atomic E-state index is -2.67. The number of hydrogen-bond acceptors (Lipinski definition) is 14. The van der Waals surface area contributed by atoms with Crippen molar-refractivity contribution in [1.29, 1.82) is 0 Å². The first-order valence-corrected chi connectivity index (χ1v) is 17.6. The van der Waals surface area contributed by atoms with Crippen molar-refractivity contribution in [2.24, 2.45) is 0 Å². The van der Waals surface area contributed by atoms with Crippen LogP contribution in [0.25, 0.3) is 0 Å². The van der Waals surface area contributed by atoms with Crippen LogP contribution in [-0.2, 0) is 41.1 Å². The summed E-state index contributed by atoms with van der Waals surface area (Å²) in [5.74, 6) is -1.35. The Morgan fingerprint density at radius 1 is 0.667 bits per heavy atom. The van der Waals surface area contributed by atoms with E-state index in [4.69, 9.17) is 41.1 Å². The van der Waals surface area contributed by atoms with E-state index in [2.05, 4.69) is 0 Å². The molecule has 0 saturated carbocycles. The molecule has 0 fully saturated rings. The quantitative estimate of drug-likeness (QED) is 0.0818. The van der Waals surface area contributed by atoms with Gasteiger partial charge in [0, 0.05) is 54.8 Å². The molecular formula is C26H46O14Si2. The molecule has 42 heavy (non-hydrogen) atoms. The summed E-state index contributed by atoms with van der Waals surface area (Å²) in [5.41, 5.74) is 0.364. The van der Waals surface area contributed by atoms with Gasteiger partial charge in [-0.05, 0) is 43.2 Å². The zero-order valence-electron chi connectivity index (χ0n) is 25.1. The molecule has 1 aromatic rings. The molecule has 0 aliphatic carbocycles. The second-order valence-electron chi connectivity index (χ2n) is 9.21. The maximum absolute atomic E-state index is 12.3. The second-order valence-corrected chi connectivity index (χ2v) is 15.8. The Balaban J connectivity index is 2.30. The van der Waals surface area contributed by atoms with Crippen molar-refractivity contribution in [2.75, 3.05) is 81.4 Å². The topological polar surface area (TPSA) is 178 Å². The van der Waals surface area contributed by atoms with Gasteiger partial charge in [0.1, 0.15) is 25.4 Å². The summed E-state index contributed by atoms with van der Waals surface area (Å²) in [7, 11) is 2.31. The summed E-state index contributed by atoms with van der Waals surface area (Å²) < 4.78 is 47.6. The van der Waals surface area contributed by atoms with Gasteiger partial charge < -0.3 is 56.4 Å². The van der Waals surface area contributed by atoms with E-state index in [1.165, 1.54) is 59.8 Å². The number of carbonyl (C=O) groups excluding carboxylic acids is 2. The second kappa shape index (κ2) is 21.0. The van der Waals surface area contributed by atoms with Crippen LogP contribution in [0.15, 0.2) is 24.3 Å². The fourth-order valence-corrected chi connectivity index (χ4v) is 7.04. The molecule has 0 amide bonds. The molecule has 2 unspecified atom stereocenters. The number of ether oxygens (including phenoxy) is 4. The van der Waals surface area contributed by atoms with E-state index in [1.807, 2.05) is 0 Å². The van der Waals surface area contributed by atoms with Crippen LogP contribution in [0, 0.1) is 0 Å². The first-order valence-electron chi connectivity index (χ1n) is 13.5. The van der Waals surface area contributed by atoms with Gasteiger partial charge in [-0.25, -0.2) is 9.59 Å². The van der Waals surface area contributed by atoms with E-state index in [0.717, 1.165) is 0 Å². The molecular weight excluding hydrogens is 592 g/mol. The van der Waals surface area contributed by atoms with Crippen molar-refractivity contribution < 1.29 is 66.0 Å². The average Bonchev–Trinajstić information content (AvgIpc) is 3.02. The number of rotatable bonds is 24. The molecule has 0 heterocycles. The minimum absolute atomic E-state index is 0.0238. The Bertz CT molecular complexity index is 793. The fraction of sp³-hybridized carbons (Fsp3) is 0.692. The standard InChI is InChI=1S/C26H46O14Si2/c1-32-41(20-27,33-2)14-6-12-37-16-23(28)18-39-25(30)21-8-10-22(11-9-21)26(31)40-19-24(29)17-38-13-7-15-42(34-3,35-4)36-5/h8-11,23-24,27-29H,6-7,12-20H2,1-5H3. The average molecular weight is 639 g/mol. The predicted molar refractivity (Wildman–Crippen MR) is 153 cm³/mol. The zero-order valence-corrected chi connectivity index (χ0v) is 27.1. The minimum Gasteiger partial charge on any atom is -0.459 e. The number of aliphatic hydroxyl groups is 3. The first kappa shape index (κ1) is 38.2. The third-order valence-corrected chi connectivity index (χ3v) is 12.2. The monoisotopic (exact) mass is 638 g/mol. The van der Waals surface area contributed by atoms with Crippen molar-refractivity contribution in [1.82, 2.24) is 0 Å². The van der Waals surface area contributed by atoms with Crippen LogP contribution in [0.3, 0.4) is 0 Å².